The standard InChI is InChI=1S/C28H27N3O4S/c1-32-21-12-10-20(11-13-21)29-28-31(30-23-14-9-18-7-5-6-8-22(18)23)24(17-36-28)19-15-25(33-2)27(35-4)26(16-19)34-3/h5-8,10-13,15-17H,9,14H2,1-4H3. The third-order valence-corrected chi connectivity index (χ3v) is 6.94. The molecule has 0 unspecified atom stereocenters. The molecule has 1 aliphatic carbocycles. The molecule has 0 atom stereocenters. The van der Waals surface area contributed by atoms with Crippen molar-refractivity contribution in [2.24, 2.45) is 10.1 Å². The Morgan fingerprint density at radius 2 is 1.53 bits per heavy atom. The van der Waals surface area contributed by atoms with E-state index in [1.54, 1.807) is 28.4 Å². The molecule has 0 fully saturated rings. The number of aromatic nitrogens is 1. The van der Waals surface area contributed by atoms with Gasteiger partial charge in [-0.1, -0.05) is 24.3 Å². The van der Waals surface area contributed by atoms with Gasteiger partial charge < -0.3 is 18.9 Å². The molecular formula is C28H27N3O4S. The molecule has 4 aromatic rings. The van der Waals surface area contributed by atoms with Crippen LogP contribution in [0.4, 0.5) is 5.69 Å². The van der Waals surface area contributed by atoms with Crippen LogP contribution in [0, 0.1) is 0 Å². The van der Waals surface area contributed by atoms with E-state index in [0.717, 1.165) is 46.0 Å². The molecule has 0 amide bonds. The minimum atomic E-state index is 0.546. The van der Waals surface area contributed by atoms with Gasteiger partial charge in [-0.25, -0.2) is 9.67 Å². The molecule has 1 aliphatic rings. The Labute approximate surface area is 213 Å². The summed E-state index contributed by atoms with van der Waals surface area (Å²) in [4.78, 5) is 5.66. The van der Waals surface area contributed by atoms with Gasteiger partial charge in [-0.2, -0.15) is 5.10 Å². The quantitative estimate of drug-likeness (QED) is 0.327. The summed E-state index contributed by atoms with van der Waals surface area (Å²) in [7, 11) is 6.48. The van der Waals surface area contributed by atoms with Crippen LogP contribution in [0.1, 0.15) is 17.5 Å². The Morgan fingerprint density at radius 3 is 2.19 bits per heavy atom. The number of benzene rings is 3. The molecule has 3 aromatic carbocycles. The van der Waals surface area contributed by atoms with Crippen molar-refractivity contribution in [2.75, 3.05) is 28.4 Å². The van der Waals surface area contributed by atoms with Crippen LogP contribution < -0.4 is 23.7 Å². The molecule has 0 aliphatic heterocycles. The van der Waals surface area contributed by atoms with Gasteiger partial charge in [-0.05, 0) is 54.8 Å². The minimum absolute atomic E-state index is 0.546. The van der Waals surface area contributed by atoms with Crippen molar-refractivity contribution in [3.63, 3.8) is 0 Å². The number of methoxy groups -OCH3 is 4. The summed E-state index contributed by atoms with van der Waals surface area (Å²) in [6.45, 7) is 0. The van der Waals surface area contributed by atoms with Crippen LogP contribution in [0.25, 0.3) is 11.3 Å². The molecular weight excluding hydrogens is 474 g/mol. The Hall–Kier alpha value is -4.04. The van der Waals surface area contributed by atoms with Crippen molar-refractivity contribution >= 4 is 22.7 Å². The molecule has 1 aromatic heterocycles. The van der Waals surface area contributed by atoms with Gasteiger partial charge in [-0.3, -0.25) is 0 Å². The van der Waals surface area contributed by atoms with E-state index >= 15 is 0 Å². The first-order chi connectivity index (χ1) is 17.6. The second kappa shape index (κ2) is 10.3. The second-order valence-corrected chi connectivity index (χ2v) is 8.98. The summed E-state index contributed by atoms with van der Waals surface area (Å²) >= 11 is 1.52. The lowest BCUT2D eigenvalue weighted by Crippen LogP contribution is -2.14. The Balaban J connectivity index is 1.71. The lowest BCUT2D eigenvalue weighted by atomic mass is 10.1. The molecule has 0 spiro atoms. The zero-order valence-electron chi connectivity index (χ0n) is 20.6. The molecule has 5 rings (SSSR count). The number of hydrogen-bond donors (Lipinski definition) is 0. The zero-order chi connectivity index (χ0) is 25.1. The average molecular weight is 502 g/mol. The van der Waals surface area contributed by atoms with Gasteiger partial charge in [0, 0.05) is 16.5 Å². The molecule has 0 N–H and O–H groups in total. The number of nitrogens with zero attached hydrogens (tertiary/aromatic N) is 3. The summed E-state index contributed by atoms with van der Waals surface area (Å²) in [6.07, 6.45) is 1.85. The van der Waals surface area contributed by atoms with Gasteiger partial charge in [0.05, 0.1) is 45.5 Å². The summed E-state index contributed by atoms with van der Waals surface area (Å²) in [6, 6.07) is 19.9. The summed E-state index contributed by atoms with van der Waals surface area (Å²) in [5.41, 5.74) is 6.11. The molecule has 8 heteroatoms. The van der Waals surface area contributed by atoms with Gasteiger partial charge in [0.15, 0.2) is 11.5 Å². The van der Waals surface area contributed by atoms with Crippen molar-refractivity contribution < 1.29 is 18.9 Å². The van der Waals surface area contributed by atoms with Crippen LogP contribution >= 0.6 is 11.3 Å². The summed E-state index contributed by atoms with van der Waals surface area (Å²) in [5, 5.41) is 7.18. The lowest BCUT2D eigenvalue weighted by molar-refractivity contribution is 0.324. The number of thiazole rings is 1. The molecule has 0 saturated heterocycles. The van der Waals surface area contributed by atoms with Crippen molar-refractivity contribution in [3.05, 3.63) is 82.0 Å². The fourth-order valence-electron chi connectivity index (χ4n) is 4.30. The van der Waals surface area contributed by atoms with Crippen LogP contribution in [-0.4, -0.2) is 38.8 Å². The predicted octanol–water partition coefficient (Wildman–Crippen LogP) is 5.68. The topological polar surface area (TPSA) is 66.6 Å². The van der Waals surface area contributed by atoms with E-state index in [2.05, 4.69) is 24.3 Å². The van der Waals surface area contributed by atoms with Gasteiger partial charge in [0.25, 0.3) is 0 Å². The highest BCUT2D eigenvalue weighted by Gasteiger charge is 2.20. The van der Waals surface area contributed by atoms with E-state index in [4.69, 9.17) is 29.0 Å². The van der Waals surface area contributed by atoms with Crippen LogP contribution in [0.15, 0.2) is 76.1 Å². The summed E-state index contributed by atoms with van der Waals surface area (Å²) < 4.78 is 23.9. The van der Waals surface area contributed by atoms with E-state index < -0.39 is 0 Å². The highest BCUT2D eigenvalue weighted by Crippen LogP contribution is 2.41. The van der Waals surface area contributed by atoms with Crippen LogP contribution in [0.5, 0.6) is 23.0 Å². The number of aryl methyl sites for hydroxylation is 1. The number of hydrogen-bond acceptors (Lipinski definition) is 7. The first-order valence-corrected chi connectivity index (χ1v) is 12.4. The molecule has 7 nitrogen and oxygen atoms in total. The second-order valence-electron chi connectivity index (χ2n) is 8.14. The number of ether oxygens (including phenoxy) is 4. The maximum absolute atomic E-state index is 5.60. The summed E-state index contributed by atoms with van der Waals surface area (Å²) in [5.74, 6) is 2.49. The average Bonchev–Trinajstić information content (AvgIpc) is 3.52. The normalized spacial score (nSPS) is 14.1. The first kappa shape index (κ1) is 23.7. The van der Waals surface area contributed by atoms with Gasteiger partial charge >= 0.3 is 0 Å². The van der Waals surface area contributed by atoms with E-state index in [1.807, 2.05) is 46.5 Å². The van der Waals surface area contributed by atoms with Gasteiger partial charge in [-0.15, -0.1) is 11.3 Å². The number of fused-ring (bicyclic) bond motifs is 1. The maximum Gasteiger partial charge on any atom is 0.211 e. The third kappa shape index (κ3) is 4.47. The monoisotopic (exact) mass is 501 g/mol. The maximum atomic E-state index is 5.60. The minimum Gasteiger partial charge on any atom is -0.497 e. The van der Waals surface area contributed by atoms with Crippen molar-refractivity contribution in [1.29, 1.82) is 0 Å². The number of rotatable bonds is 7. The van der Waals surface area contributed by atoms with Crippen LogP contribution in [0.2, 0.25) is 0 Å². The first-order valence-electron chi connectivity index (χ1n) is 11.5. The van der Waals surface area contributed by atoms with E-state index in [9.17, 15) is 0 Å². The van der Waals surface area contributed by atoms with Crippen LogP contribution in [0.3, 0.4) is 0 Å². The van der Waals surface area contributed by atoms with Gasteiger partial charge in [0.1, 0.15) is 5.75 Å². The SMILES string of the molecule is COc1ccc(N=c2scc(-c3cc(OC)c(OC)c(OC)c3)n2N=C2CCc3ccccc32)cc1. The van der Waals surface area contributed by atoms with Crippen molar-refractivity contribution in [1.82, 2.24) is 4.68 Å². The highest BCUT2D eigenvalue weighted by molar-refractivity contribution is 7.07. The Morgan fingerprint density at radius 1 is 0.806 bits per heavy atom. The fraction of sp³-hybridized carbons (Fsp3) is 0.214. The van der Waals surface area contributed by atoms with Gasteiger partial charge in [0.2, 0.25) is 10.6 Å². The lowest BCUT2D eigenvalue weighted by Gasteiger charge is -2.14. The predicted molar refractivity (Wildman–Crippen MR) is 142 cm³/mol. The van der Waals surface area contributed by atoms with E-state index in [-0.39, 0.29) is 0 Å². The molecule has 0 bridgehead atoms. The molecule has 36 heavy (non-hydrogen) atoms. The largest absolute Gasteiger partial charge is 0.497 e. The Kier molecular flexibility index (Phi) is 6.77. The fourth-order valence-corrected chi connectivity index (χ4v) is 5.15. The van der Waals surface area contributed by atoms with E-state index in [1.165, 1.54) is 22.5 Å². The van der Waals surface area contributed by atoms with Crippen LogP contribution in [-0.2, 0) is 6.42 Å². The van der Waals surface area contributed by atoms with Crippen molar-refractivity contribution in [3.8, 4) is 34.3 Å². The molecule has 1 heterocycles. The zero-order valence-corrected chi connectivity index (χ0v) is 21.5. The van der Waals surface area contributed by atoms with Crippen molar-refractivity contribution in [2.45, 2.75) is 12.8 Å². The van der Waals surface area contributed by atoms with E-state index in [0.29, 0.717) is 17.2 Å². The third-order valence-electron chi connectivity index (χ3n) is 6.12. The molecule has 0 saturated carbocycles. The Bertz CT molecular complexity index is 1460. The highest BCUT2D eigenvalue weighted by atomic mass is 32.1. The molecule has 184 valence electrons. The molecule has 0 radical (unpaired) electrons. The smallest absolute Gasteiger partial charge is 0.211 e.